The number of nitrogens with zero attached hydrogens (tertiary/aromatic N) is 3. The molecule has 1 saturated carbocycles. The number of fused-ring (bicyclic) bond motifs is 3. The van der Waals surface area contributed by atoms with Gasteiger partial charge in [0.25, 0.3) is 5.91 Å². The van der Waals surface area contributed by atoms with Crippen molar-refractivity contribution in [2.75, 3.05) is 17.3 Å². The third-order valence-electron chi connectivity index (χ3n) is 7.42. The Morgan fingerprint density at radius 1 is 1.08 bits per heavy atom. The predicted octanol–water partition coefficient (Wildman–Crippen LogP) is 5.01. The first kappa shape index (κ1) is 23.8. The molecular weight excluding hydrogens is 460 g/mol. The van der Waals surface area contributed by atoms with Crippen LogP contribution in [-0.4, -0.2) is 45.8 Å². The van der Waals surface area contributed by atoms with E-state index in [2.05, 4.69) is 5.32 Å². The molecule has 1 aliphatic carbocycles. The summed E-state index contributed by atoms with van der Waals surface area (Å²) < 4.78 is 6.95. The van der Waals surface area contributed by atoms with Crippen LogP contribution >= 0.6 is 0 Å². The molecule has 9 heteroatoms. The molecule has 3 aromatic rings. The first-order valence-corrected chi connectivity index (χ1v) is 12.4. The quantitative estimate of drug-likeness (QED) is 0.531. The summed E-state index contributed by atoms with van der Waals surface area (Å²) in [4.78, 5) is 44.3. The summed E-state index contributed by atoms with van der Waals surface area (Å²) in [6.45, 7) is 1.98. The van der Waals surface area contributed by atoms with E-state index in [0.29, 0.717) is 30.5 Å². The SMILES string of the molecule is COC(=O)N1c2ccc3c(nc(C(=O)Nc4ccccc4)n3[C@@H]3CCC[C@@H](C(=O)O)C3)c2CCC1C. The van der Waals surface area contributed by atoms with Gasteiger partial charge in [0.1, 0.15) is 0 Å². The molecule has 2 heterocycles. The number of carboxylic acid groups (broad SMARTS) is 1. The number of aryl methyl sites for hydroxylation is 1. The van der Waals surface area contributed by atoms with Gasteiger partial charge < -0.3 is 19.7 Å². The standard InChI is InChI=1S/C27H30N4O5/c1-16-11-12-20-21(30(16)27(35)36-2)13-14-22-23(20)29-24(25(32)28-18-8-4-3-5-9-18)31(22)19-10-6-7-17(15-19)26(33)34/h3-5,8-9,13-14,16-17,19H,6-7,10-12,15H2,1-2H3,(H,28,32)(H,33,34)/t16?,17-,19-/m1/s1. The summed E-state index contributed by atoms with van der Waals surface area (Å²) in [5.41, 5.74) is 3.74. The molecule has 2 amide bonds. The van der Waals surface area contributed by atoms with Gasteiger partial charge in [0.2, 0.25) is 5.82 Å². The third kappa shape index (κ3) is 4.19. The summed E-state index contributed by atoms with van der Waals surface area (Å²) >= 11 is 0. The molecular formula is C27H30N4O5. The zero-order valence-electron chi connectivity index (χ0n) is 20.4. The molecule has 2 aliphatic rings. The van der Waals surface area contributed by atoms with Gasteiger partial charge in [-0.2, -0.15) is 0 Å². The van der Waals surface area contributed by atoms with E-state index < -0.39 is 18.0 Å². The zero-order chi connectivity index (χ0) is 25.4. The molecule has 1 fully saturated rings. The number of imidazole rings is 1. The average molecular weight is 491 g/mol. The van der Waals surface area contributed by atoms with E-state index in [1.165, 1.54) is 7.11 Å². The van der Waals surface area contributed by atoms with Crippen LogP contribution in [0.5, 0.6) is 0 Å². The van der Waals surface area contributed by atoms with E-state index in [1.807, 2.05) is 54.0 Å². The number of aromatic nitrogens is 2. The van der Waals surface area contributed by atoms with Gasteiger partial charge in [-0.3, -0.25) is 14.5 Å². The topological polar surface area (TPSA) is 114 Å². The lowest BCUT2D eigenvalue weighted by atomic mass is 9.85. The van der Waals surface area contributed by atoms with Crippen LogP contribution in [0.2, 0.25) is 0 Å². The van der Waals surface area contributed by atoms with E-state index in [0.717, 1.165) is 36.0 Å². The van der Waals surface area contributed by atoms with Crippen molar-refractivity contribution in [1.29, 1.82) is 0 Å². The minimum atomic E-state index is -0.806. The third-order valence-corrected chi connectivity index (χ3v) is 7.42. The molecule has 3 atom stereocenters. The largest absolute Gasteiger partial charge is 0.481 e. The monoisotopic (exact) mass is 490 g/mol. The van der Waals surface area contributed by atoms with E-state index in [4.69, 9.17) is 9.72 Å². The molecule has 5 rings (SSSR count). The Morgan fingerprint density at radius 2 is 1.86 bits per heavy atom. The lowest BCUT2D eigenvalue weighted by molar-refractivity contribution is -0.143. The summed E-state index contributed by atoms with van der Waals surface area (Å²) in [5, 5.41) is 12.6. The number of anilines is 2. The number of nitrogens with one attached hydrogen (secondary N) is 1. The van der Waals surface area contributed by atoms with E-state index in [9.17, 15) is 19.5 Å². The van der Waals surface area contributed by atoms with Crippen LogP contribution in [0.15, 0.2) is 42.5 Å². The number of carbonyl (C=O) groups excluding carboxylic acids is 2. The lowest BCUT2D eigenvalue weighted by Crippen LogP contribution is -2.42. The van der Waals surface area contributed by atoms with Gasteiger partial charge in [0.15, 0.2) is 0 Å². The summed E-state index contributed by atoms with van der Waals surface area (Å²) in [7, 11) is 1.37. The van der Waals surface area contributed by atoms with Crippen LogP contribution in [0.25, 0.3) is 11.0 Å². The normalized spacial score (nSPS) is 21.6. The average Bonchev–Trinajstić information content (AvgIpc) is 3.29. The maximum Gasteiger partial charge on any atom is 0.414 e. The van der Waals surface area contributed by atoms with Gasteiger partial charge in [-0.05, 0) is 63.3 Å². The van der Waals surface area contributed by atoms with Crippen LogP contribution in [0.3, 0.4) is 0 Å². The number of rotatable bonds is 4. The Bertz CT molecular complexity index is 1320. The maximum absolute atomic E-state index is 13.5. The fraction of sp³-hybridized carbons (Fsp3) is 0.407. The number of carbonyl (C=O) groups is 3. The molecule has 9 nitrogen and oxygen atoms in total. The minimum absolute atomic E-state index is 0.0278. The first-order valence-electron chi connectivity index (χ1n) is 12.4. The fourth-order valence-corrected chi connectivity index (χ4v) is 5.64. The molecule has 0 spiro atoms. The van der Waals surface area contributed by atoms with Crippen LogP contribution in [-0.2, 0) is 16.0 Å². The van der Waals surface area contributed by atoms with Crippen LogP contribution < -0.4 is 10.2 Å². The number of carboxylic acids is 1. The molecule has 188 valence electrons. The number of amides is 2. The molecule has 2 N–H and O–H groups in total. The maximum atomic E-state index is 13.5. The molecule has 36 heavy (non-hydrogen) atoms. The zero-order valence-corrected chi connectivity index (χ0v) is 20.4. The highest BCUT2D eigenvalue weighted by Crippen LogP contribution is 2.40. The van der Waals surface area contributed by atoms with Crippen molar-refractivity contribution in [2.45, 2.75) is 57.5 Å². The van der Waals surface area contributed by atoms with Gasteiger partial charge in [0, 0.05) is 23.3 Å². The molecule has 1 aromatic heterocycles. The number of benzene rings is 2. The second-order valence-corrected chi connectivity index (χ2v) is 9.64. The van der Waals surface area contributed by atoms with Crippen molar-refractivity contribution >= 4 is 40.4 Å². The summed E-state index contributed by atoms with van der Waals surface area (Å²) in [5.74, 6) is -1.36. The number of ether oxygens (including phenoxy) is 1. The minimum Gasteiger partial charge on any atom is -0.481 e. The molecule has 0 radical (unpaired) electrons. The first-order chi connectivity index (χ1) is 17.4. The Labute approximate surface area is 209 Å². The van der Waals surface area contributed by atoms with Crippen molar-refractivity contribution in [3.63, 3.8) is 0 Å². The van der Waals surface area contributed by atoms with Gasteiger partial charge in [-0.15, -0.1) is 0 Å². The number of aliphatic carboxylic acids is 1. The Hall–Kier alpha value is -3.88. The van der Waals surface area contributed by atoms with Crippen molar-refractivity contribution in [3.8, 4) is 0 Å². The molecule has 1 aliphatic heterocycles. The number of hydrogen-bond donors (Lipinski definition) is 2. The molecule has 1 unspecified atom stereocenters. The van der Waals surface area contributed by atoms with E-state index in [1.54, 1.807) is 4.90 Å². The van der Waals surface area contributed by atoms with Crippen LogP contribution in [0.1, 0.15) is 61.3 Å². The highest BCUT2D eigenvalue weighted by molar-refractivity contribution is 6.05. The lowest BCUT2D eigenvalue weighted by Gasteiger charge is -2.34. The highest BCUT2D eigenvalue weighted by atomic mass is 16.5. The Balaban J connectivity index is 1.65. The number of hydrogen-bond acceptors (Lipinski definition) is 5. The summed E-state index contributed by atoms with van der Waals surface area (Å²) in [6.07, 6.45) is 3.62. The van der Waals surface area contributed by atoms with Crippen molar-refractivity contribution in [1.82, 2.24) is 9.55 Å². The van der Waals surface area contributed by atoms with E-state index in [-0.39, 0.29) is 23.8 Å². The van der Waals surface area contributed by atoms with E-state index >= 15 is 0 Å². The smallest absolute Gasteiger partial charge is 0.414 e. The number of methoxy groups -OCH3 is 1. The molecule has 0 bridgehead atoms. The predicted molar refractivity (Wildman–Crippen MR) is 135 cm³/mol. The fourth-order valence-electron chi connectivity index (χ4n) is 5.64. The molecule has 0 saturated heterocycles. The second-order valence-electron chi connectivity index (χ2n) is 9.64. The van der Waals surface area contributed by atoms with Gasteiger partial charge in [-0.1, -0.05) is 24.6 Å². The Kier molecular flexibility index (Phi) is 6.38. The Morgan fingerprint density at radius 3 is 2.58 bits per heavy atom. The van der Waals surface area contributed by atoms with Crippen molar-refractivity contribution < 1.29 is 24.2 Å². The van der Waals surface area contributed by atoms with Crippen molar-refractivity contribution in [2.24, 2.45) is 5.92 Å². The van der Waals surface area contributed by atoms with Crippen molar-refractivity contribution in [3.05, 3.63) is 53.9 Å². The molecule has 2 aromatic carbocycles. The number of para-hydroxylation sites is 1. The van der Waals surface area contributed by atoms with Crippen LogP contribution in [0, 0.1) is 5.92 Å². The second kappa shape index (κ2) is 9.64. The van der Waals surface area contributed by atoms with Gasteiger partial charge in [-0.25, -0.2) is 9.78 Å². The van der Waals surface area contributed by atoms with Gasteiger partial charge >= 0.3 is 12.1 Å². The van der Waals surface area contributed by atoms with Crippen LogP contribution in [0.4, 0.5) is 16.2 Å². The summed E-state index contributed by atoms with van der Waals surface area (Å²) in [6, 6.07) is 12.8. The van der Waals surface area contributed by atoms with Gasteiger partial charge in [0.05, 0.1) is 29.7 Å². The highest BCUT2D eigenvalue weighted by Gasteiger charge is 2.35.